The number of amides is 1. The summed E-state index contributed by atoms with van der Waals surface area (Å²) < 4.78 is 5.79. The minimum Gasteiger partial charge on any atom is -0.489 e. The zero-order valence-corrected chi connectivity index (χ0v) is 13.0. The highest BCUT2D eigenvalue weighted by Gasteiger charge is 2.29. The second-order valence-electron chi connectivity index (χ2n) is 5.16. The average Bonchev–Trinajstić information content (AvgIpc) is 2.86. The van der Waals surface area contributed by atoms with Gasteiger partial charge in [0.2, 0.25) is 5.91 Å². The van der Waals surface area contributed by atoms with Gasteiger partial charge in [0.15, 0.2) is 0 Å². The van der Waals surface area contributed by atoms with Crippen molar-refractivity contribution >= 4 is 24.0 Å². The van der Waals surface area contributed by atoms with Crippen molar-refractivity contribution in [2.45, 2.75) is 19.1 Å². The fourth-order valence-corrected chi connectivity index (χ4v) is 2.44. The summed E-state index contributed by atoms with van der Waals surface area (Å²) in [5, 5.41) is 0. The Morgan fingerprint density at radius 2 is 1.91 bits per heavy atom. The Balaban J connectivity index is 0.00000176. The van der Waals surface area contributed by atoms with Crippen molar-refractivity contribution in [3.05, 3.63) is 60.2 Å². The topological polar surface area (TPSA) is 55.6 Å². The minimum absolute atomic E-state index is 0. The predicted molar refractivity (Wildman–Crippen MR) is 89.4 cm³/mol. The molecule has 0 saturated carbocycles. The van der Waals surface area contributed by atoms with E-state index in [0.29, 0.717) is 19.6 Å². The zero-order chi connectivity index (χ0) is 14.7. The maximum absolute atomic E-state index is 12.0. The lowest BCUT2D eigenvalue weighted by Crippen LogP contribution is -2.33. The fraction of sp³-hybridized carbons (Fsp3) is 0.235. The van der Waals surface area contributed by atoms with Crippen LogP contribution in [0.2, 0.25) is 0 Å². The molecule has 0 unspecified atom stereocenters. The Kier molecular flexibility index (Phi) is 5.41. The minimum atomic E-state index is -0.376. The van der Waals surface area contributed by atoms with Crippen LogP contribution in [-0.4, -0.2) is 18.5 Å². The van der Waals surface area contributed by atoms with Gasteiger partial charge in [-0.1, -0.05) is 36.4 Å². The Bertz CT molecular complexity index is 634. The van der Waals surface area contributed by atoms with Crippen LogP contribution >= 0.6 is 12.4 Å². The van der Waals surface area contributed by atoms with Crippen LogP contribution in [0.25, 0.3) is 0 Å². The normalized spacial score (nSPS) is 17.2. The SMILES string of the molecule is Cl.N[C@@H]1CCN(c2cccc(OCc3ccccc3)c2)C1=O. The number of halogens is 1. The molecule has 0 aromatic heterocycles. The first-order valence-corrected chi connectivity index (χ1v) is 7.08. The molecule has 1 fully saturated rings. The van der Waals surface area contributed by atoms with Crippen LogP contribution in [0.1, 0.15) is 12.0 Å². The molecule has 2 aromatic rings. The van der Waals surface area contributed by atoms with Crippen LogP contribution in [0, 0.1) is 0 Å². The van der Waals surface area contributed by atoms with Gasteiger partial charge in [-0.15, -0.1) is 12.4 Å². The molecule has 5 heteroatoms. The molecular weight excluding hydrogens is 300 g/mol. The molecular formula is C17H19ClN2O2. The van der Waals surface area contributed by atoms with Gasteiger partial charge in [0.1, 0.15) is 12.4 Å². The van der Waals surface area contributed by atoms with E-state index in [4.69, 9.17) is 10.5 Å². The smallest absolute Gasteiger partial charge is 0.243 e. The summed E-state index contributed by atoms with van der Waals surface area (Å²) >= 11 is 0. The summed E-state index contributed by atoms with van der Waals surface area (Å²) in [6.45, 7) is 1.18. The molecule has 1 aliphatic rings. The molecule has 2 N–H and O–H groups in total. The van der Waals surface area contributed by atoms with E-state index in [1.807, 2.05) is 54.6 Å². The fourth-order valence-electron chi connectivity index (χ4n) is 2.44. The largest absolute Gasteiger partial charge is 0.489 e. The van der Waals surface area contributed by atoms with Gasteiger partial charge in [0.25, 0.3) is 0 Å². The van der Waals surface area contributed by atoms with Gasteiger partial charge in [-0.2, -0.15) is 0 Å². The summed E-state index contributed by atoms with van der Waals surface area (Å²) in [6, 6.07) is 17.2. The Morgan fingerprint density at radius 1 is 1.14 bits per heavy atom. The summed E-state index contributed by atoms with van der Waals surface area (Å²) in [5.74, 6) is 0.736. The molecule has 3 rings (SSSR count). The molecule has 0 bridgehead atoms. The van der Waals surface area contributed by atoms with Crippen LogP contribution in [0.15, 0.2) is 54.6 Å². The van der Waals surface area contributed by atoms with Crippen molar-refractivity contribution in [2.75, 3.05) is 11.4 Å². The van der Waals surface area contributed by atoms with Gasteiger partial charge in [-0.3, -0.25) is 4.79 Å². The third-order valence-electron chi connectivity index (χ3n) is 3.62. The Morgan fingerprint density at radius 3 is 2.59 bits per heavy atom. The lowest BCUT2D eigenvalue weighted by Gasteiger charge is -2.17. The quantitative estimate of drug-likeness (QED) is 0.943. The molecule has 1 saturated heterocycles. The molecule has 0 radical (unpaired) electrons. The lowest BCUT2D eigenvalue weighted by molar-refractivity contribution is -0.118. The Labute approximate surface area is 136 Å². The maximum atomic E-state index is 12.0. The summed E-state index contributed by atoms with van der Waals surface area (Å²) in [6.07, 6.45) is 0.702. The van der Waals surface area contributed by atoms with Crippen molar-refractivity contribution in [3.8, 4) is 5.75 Å². The number of nitrogens with zero attached hydrogens (tertiary/aromatic N) is 1. The number of hydrogen-bond donors (Lipinski definition) is 1. The summed E-state index contributed by atoms with van der Waals surface area (Å²) in [7, 11) is 0. The highest BCUT2D eigenvalue weighted by molar-refractivity contribution is 5.99. The van der Waals surface area contributed by atoms with E-state index in [2.05, 4.69) is 0 Å². The molecule has 1 atom stereocenters. The van der Waals surface area contributed by atoms with Crippen molar-refractivity contribution in [2.24, 2.45) is 5.73 Å². The first-order valence-electron chi connectivity index (χ1n) is 7.08. The maximum Gasteiger partial charge on any atom is 0.243 e. The highest BCUT2D eigenvalue weighted by Crippen LogP contribution is 2.25. The molecule has 0 aliphatic carbocycles. The highest BCUT2D eigenvalue weighted by atomic mass is 35.5. The number of rotatable bonds is 4. The second-order valence-corrected chi connectivity index (χ2v) is 5.16. The van der Waals surface area contributed by atoms with Crippen molar-refractivity contribution in [1.82, 2.24) is 0 Å². The first-order chi connectivity index (χ1) is 10.2. The van der Waals surface area contributed by atoms with Crippen LogP contribution in [0.5, 0.6) is 5.75 Å². The van der Waals surface area contributed by atoms with E-state index in [-0.39, 0.29) is 24.4 Å². The second kappa shape index (κ2) is 7.29. The average molecular weight is 319 g/mol. The molecule has 22 heavy (non-hydrogen) atoms. The molecule has 1 aliphatic heterocycles. The molecule has 0 spiro atoms. The van der Waals surface area contributed by atoms with Gasteiger partial charge in [0.05, 0.1) is 6.04 Å². The number of carbonyl (C=O) groups excluding carboxylic acids is 1. The number of carbonyl (C=O) groups is 1. The van der Waals surface area contributed by atoms with E-state index >= 15 is 0 Å². The van der Waals surface area contributed by atoms with Gasteiger partial charge in [0, 0.05) is 18.3 Å². The summed E-state index contributed by atoms with van der Waals surface area (Å²) in [4.78, 5) is 13.7. The van der Waals surface area contributed by atoms with Gasteiger partial charge in [-0.05, 0) is 24.1 Å². The van der Waals surface area contributed by atoms with Crippen molar-refractivity contribution in [3.63, 3.8) is 0 Å². The summed E-state index contributed by atoms with van der Waals surface area (Å²) in [5.41, 5.74) is 7.72. The molecule has 2 aromatic carbocycles. The number of benzene rings is 2. The first kappa shape index (κ1) is 16.3. The number of anilines is 1. The van der Waals surface area contributed by atoms with E-state index in [9.17, 15) is 4.79 Å². The van der Waals surface area contributed by atoms with Crippen LogP contribution in [0.4, 0.5) is 5.69 Å². The molecule has 1 amide bonds. The third kappa shape index (κ3) is 3.59. The standard InChI is InChI=1S/C17H18N2O2.ClH/c18-16-9-10-19(17(16)20)14-7-4-8-15(11-14)21-12-13-5-2-1-3-6-13;/h1-8,11,16H,9-10,12,18H2;1H/t16-;/m1./s1. The van der Waals surface area contributed by atoms with E-state index in [1.165, 1.54) is 0 Å². The molecule has 1 heterocycles. The predicted octanol–water partition coefficient (Wildman–Crippen LogP) is 2.75. The van der Waals surface area contributed by atoms with E-state index in [0.717, 1.165) is 17.0 Å². The number of hydrogen-bond acceptors (Lipinski definition) is 3. The van der Waals surface area contributed by atoms with E-state index < -0.39 is 0 Å². The van der Waals surface area contributed by atoms with Crippen LogP contribution in [0.3, 0.4) is 0 Å². The van der Waals surface area contributed by atoms with Crippen molar-refractivity contribution in [1.29, 1.82) is 0 Å². The number of ether oxygens (including phenoxy) is 1. The monoisotopic (exact) mass is 318 g/mol. The molecule has 116 valence electrons. The third-order valence-corrected chi connectivity index (χ3v) is 3.62. The van der Waals surface area contributed by atoms with Gasteiger partial charge >= 0.3 is 0 Å². The van der Waals surface area contributed by atoms with Crippen LogP contribution < -0.4 is 15.4 Å². The Hall–Kier alpha value is -2.04. The van der Waals surface area contributed by atoms with Gasteiger partial charge in [-0.25, -0.2) is 0 Å². The van der Waals surface area contributed by atoms with E-state index in [1.54, 1.807) is 4.90 Å². The lowest BCUT2D eigenvalue weighted by atomic mass is 10.2. The van der Waals surface area contributed by atoms with Crippen molar-refractivity contribution < 1.29 is 9.53 Å². The molecule has 4 nitrogen and oxygen atoms in total. The zero-order valence-electron chi connectivity index (χ0n) is 12.1. The van der Waals surface area contributed by atoms with Gasteiger partial charge < -0.3 is 15.4 Å². The number of nitrogens with two attached hydrogens (primary N) is 1. The van der Waals surface area contributed by atoms with Crippen LogP contribution in [-0.2, 0) is 11.4 Å².